The summed E-state index contributed by atoms with van der Waals surface area (Å²) in [7, 11) is 0. The van der Waals surface area contributed by atoms with Gasteiger partial charge in [-0.15, -0.1) is 8.78 Å². The fraction of sp³-hybridized carbons (Fsp3) is 0.308. The predicted molar refractivity (Wildman–Crippen MR) is 64.6 cm³/mol. The molecular weight excluding hydrogens is 270 g/mol. The van der Waals surface area contributed by atoms with Crippen LogP contribution in [0.4, 0.5) is 8.78 Å². The van der Waals surface area contributed by atoms with Crippen molar-refractivity contribution in [3.63, 3.8) is 0 Å². The monoisotopic (exact) mass is 282 g/mol. The third kappa shape index (κ3) is 2.32. The molecule has 0 aliphatic carbocycles. The predicted octanol–water partition coefficient (Wildman–Crippen LogP) is 2.31. The van der Waals surface area contributed by atoms with Gasteiger partial charge in [0.05, 0.1) is 18.3 Å². The van der Waals surface area contributed by atoms with E-state index >= 15 is 0 Å². The molecule has 106 valence electrons. The number of halogens is 2. The van der Waals surface area contributed by atoms with Crippen LogP contribution >= 0.6 is 0 Å². The molecule has 5 nitrogen and oxygen atoms in total. The second-order valence-corrected chi connectivity index (χ2v) is 4.53. The van der Waals surface area contributed by atoms with Gasteiger partial charge >= 0.3 is 6.29 Å². The molecule has 2 heterocycles. The average Bonchev–Trinajstić information content (AvgIpc) is 2.92. The Morgan fingerprint density at radius 1 is 1.35 bits per heavy atom. The molecule has 0 fully saturated rings. The van der Waals surface area contributed by atoms with Gasteiger partial charge in [0.15, 0.2) is 11.5 Å². The second-order valence-electron chi connectivity index (χ2n) is 4.53. The fourth-order valence-corrected chi connectivity index (χ4v) is 2.01. The zero-order chi connectivity index (χ0) is 14.3. The molecule has 0 amide bonds. The molecule has 7 heteroatoms. The topological polar surface area (TPSA) is 56.5 Å². The Kier molecular flexibility index (Phi) is 2.86. The van der Waals surface area contributed by atoms with Gasteiger partial charge in [-0.1, -0.05) is 12.1 Å². The summed E-state index contributed by atoms with van der Waals surface area (Å²) in [6.07, 6.45) is -2.65. The summed E-state index contributed by atoms with van der Waals surface area (Å²) >= 11 is 0. The van der Waals surface area contributed by atoms with Gasteiger partial charge in [0.1, 0.15) is 0 Å². The molecule has 20 heavy (non-hydrogen) atoms. The first-order valence-electron chi connectivity index (χ1n) is 6.04. The first-order chi connectivity index (χ1) is 9.44. The SMILES string of the molecule is CC(O)c1ccn(Cc2cccc3c2OC(F)(F)O3)n1. The number of aromatic nitrogens is 2. The van der Waals surface area contributed by atoms with E-state index in [1.807, 2.05) is 0 Å². The lowest BCUT2D eigenvalue weighted by Gasteiger charge is -2.07. The van der Waals surface area contributed by atoms with Crippen molar-refractivity contribution in [1.29, 1.82) is 0 Å². The van der Waals surface area contributed by atoms with Gasteiger partial charge in [0, 0.05) is 11.8 Å². The maximum Gasteiger partial charge on any atom is 0.586 e. The minimum Gasteiger partial charge on any atom is -0.395 e. The van der Waals surface area contributed by atoms with Gasteiger partial charge in [-0.2, -0.15) is 5.10 Å². The van der Waals surface area contributed by atoms with Crippen molar-refractivity contribution in [2.75, 3.05) is 0 Å². The van der Waals surface area contributed by atoms with E-state index in [-0.39, 0.29) is 18.0 Å². The molecule has 1 aromatic heterocycles. The Morgan fingerprint density at radius 3 is 2.85 bits per heavy atom. The van der Waals surface area contributed by atoms with Gasteiger partial charge in [0.25, 0.3) is 0 Å². The molecule has 0 spiro atoms. The molecular formula is C13H12F2N2O3. The van der Waals surface area contributed by atoms with Crippen LogP contribution in [0.5, 0.6) is 11.5 Å². The number of benzene rings is 1. The van der Waals surface area contributed by atoms with Crippen molar-refractivity contribution in [2.24, 2.45) is 0 Å². The largest absolute Gasteiger partial charge is 0.586 e. The normalized spacial score (nSPS) is 17.2. The summed E-state index contributed by atoms with van der Waals surface area (Å²) in [5.74, 6) is 0.0296. The number of hydrogen-bond donors (Lipinski definition) is 1. The lowest BCUT2D eigenvalue weighted by Crippen LogP contribution is -2.26. The lowest BCUT2D eigenvalue weighted by molar-refractivity contribution is -0.286. The zero-order valence-corrected chi connectivity index (χ0v) is 10.6. The van der Waals surface area contributed by atoms with Crippen LogP contribution in [0.15, 0.2) is 30.5 Å². The third-order valence-electron chi connectivity index (χ3n) is 2.93. The Hall–Kier alpha value is -2.15. The molecule has 1 atom stereocenters. The van der Waals surface area contributed by atoms with Gasteiger partial charge in [-0.05, 0) is 19.1 Å². The van der Waals surface area contributed by atoms with Gasteiger partial charge in [-0.3, -0.25) is 4.68 Å². The quantitative estimate of drug-likeness (QED) is 0.938. The first-order valence-corrected chi connectivity index (χ1v) is 6.04. The third-order valence-corrected chi connectivity index (χ3v) is 2.93. The second kappa shape index (κ2) is 4.45. The Bertz CT molecular complexity index is 640. The number of aliphatic hydroxyl groups excluding tert-OH is 1. The van der Waals surface area contributed by atoms with Crippen LogP contribution in [0.3, 0.4) is 0 Å². The standard InChI is InChI=1S/C13H12F2N2O3/c1-8(18)10-5-6-17(16-10)7-9-3-2-4-11-12(9)20-13(14,15)19-11/h2-6,8,18H,7H2,1H3. The number of rotatable bonds is 3. The summed E-state index contributed by atoms with van der Waals surface area (Å²) in [5.41, 5.74) is 1.04. The summed E-state index contributed by atoms with van der Waals surface area (Å²) < 4.78 is 36.6. The highest BCUT2D eigenvalue weighted by atomic mass is 19.3. The van der Waals surface area contributed by atoms with Gasteiger partial charge < -0.3 is 14.6 Å². The number of aliphatic hydroxyl groups is 1. The van der Waals surface area contributed by atoms with Crippen molar-refractivity contribution in [3.05, 3.63) is 41.7 Å². The zero-order valence-electron chi connectivity index (χ0n) is 10.6. The smallest absolute Gasteiger partial charge is 0.395 e. The maximum absolute atomic E-state index is 13.1. The highest BCUT2D eigenvalue weighted by Gasteiger charge is 2.44. The van der Waals surface area contributed by atoms with Crippen LogP contribution in [0, 0.1) is 0 Å². The fourth-order valence-electron chi connectivity index (χ4n) is 2.01. The number of fused-ring (bicyclic) bond motifs is 1. The van der Waals surface area contributed by atoms with Gasteiger partial charge in [0.2, 0.25) is 0 Å². The number of ether oxygens (including phenoxy) is 2. The summed E-state index contributed by atoms with van der Waals surface area (Å²) in [6.45, 7) is 1.85. The van der Waals surface area contributed by atoms with E-state index in [2.05, 4.69) is 14.6 Å². The van der Waals surface area contributed by atoms with Crippen molar-refractivity contribution in [3.8, 4) is 11.5 Å². The van der Waals surface area contributed by atoms with E-state index in [9.17, 15) is 13.9 Å². The lowest BCUT2D eigenvalue weighted by atomic mass is 10.2. The minimum atomic E-state index is -3.63. The molecule has 1 aromatic carbocycles. The molecule has 0 radical (unpaired) electrons. The van der Waals surface area contributed by atoms with Crippen LogP contribution in [0.2, 0.25) is 0 Å². The molecule has 1 unspecified atom stereocenters. The van der Waals surface area contributed by atoms with E-state index in [1.54, 1.807) is 31.3 Å². The molecule has 2 aromatic rings. The number of hydrogen-bond acceptors (Lipinski definition) is 4. The van der Waals surface area contributed by atoms with E-state index in [4.69, 9.17) is 0 Å². The summed E-state index contributed by atoms with van der Waals surface area (Å²) in [5, 5.41) is 13.6. The van der Waals surface area contributed by atoms with Crippen molar-refractivity contribution in [2.45, 2.75) is 25.9 Å². The molecule has 0 saturated heterocycles. The average molecular weight is 282 g/mol. The molecule has 1 N–H and O–H groups in total. The van der Waals surface area contributed by atoms with E-state index in [0.29, 0.717) is 11.3 Å². The molecule has 1 aliphatic heterocycles. The Morgan fingerprint density at radius 2 is 2.15 bits per heavy atom. The van der Waals surface area contributed by atoms with Crippen LogP contribution in [-0.4, -0.2) is 21.2 Å². The summed E-state index contributed by atoms with van der Waals surface area (Å²) in [6, 6.07) is 6.36. The van der Waals surface area contributed by atoms with Crippen LogP contribution in [0.1, 0.15) is 24.3 Å². The number of alkyl halides is 2. The highest BCUT2D eigenvalue weighted by molar-refractivity contribution is 5.48. The van der Waals surface area contributed by atoms with Crippen LogP contribution < -0.4 is 9.47 Å². The molecule has 3 rings (SSSR count). The maximum atomic E-state index is 13.1. The summed E-state index contributed by atoms with van der Waals surface area (Å²) in [4.78, 5) is 0. The van der Waals surface area contributed by atoms with E-state index < -0.39 is 12.4 Å². The Balaban J connectivity index is 1.87. The molecule has 1 aliphatic rings. The van der Waals surface area contributed by atoms with Crippen molar-refractivity contribution in [1.82, 2.24) is 9.78 Å². The highest BCUT2D eigenvalue weighted by Crippen LogP contribution is 2.43. The van der Waals surface area contributed by atoms with Crippen molar-refractivity contribution < 1.29 is 23.4 Å². The molecule has 0 bridgehead atoms. The molecule has 0 saturated carbocycles. The first kappa shape index (κ1) is 12.9. The minimum absolute atomic E-state index is 0.00964. The number of para-hydroxylation sites is 1. The van der Waals surface area contributed by atoms with E-state index in [0.717, 1.165) is 0 Å². The van der Waals surface area contributed by atoms with Crippen LogP contribution in [0.25, 0.3) is 0 Å². The van der Waals surface area contributed by atoms with Crippen LogP contribution in [-0.2, 0) is 6.54 Å². The van der Waals surface area contributed by atoms with E-state index in [1.165, 1.54) is 10.7 Å². The number of nitrogens with zero attached hydrogens (tertiary/aromatic N) is 2. The van der Waals surface area contributed by atoms with Crippen molar-refractivity contribution >= 4 is 0 Å². The Labute approximate surface area is 113 Å². The van der Waals surface area contributed by atoms with Gasteiger partial charge in [-0.25, -0.2) is 0 Å².